The number of ketones is 1. The number of nitrogen functional groups attached to an aromatic ring is 1. The van der Waals surface area contributed by atoms with Crippen molar-refractivity contribution in [2.24, 2.45) is 0 Å². The number of nitrogens with zero attached hydrogens (tertiary/aromatic N) is 3. The molecule has 0 aromatic carbocycles. The summed E-state index contributed by atoms with van der Waals surface area (Å²) in [5.41, 5.74) is 6.36. The molecule has 1 aliphatic heterocycles. The van der Waals surface area contributed by atoms with Crippen LogP contribution in [0.1, 0.15) is 41.7 Å². The van der Waals surface area contributed by atoms with Gasteiger partial charge in [-0.15, -0.1) is 0 Å². The molecule has 6 heteroatoms. The summed E-state index contributed by atoms with van der Waals surface area (Å²) >= 11 is 6.20. The second-order valence-corrected chi connectivity index (χ2v) is 6.07. The van der Waals surface area contributed by atoms with Gasteiger partial charge in [0, 0.05) is 19.3 Å². The van der Waals surface area contributed by atoms with Crippen LogP contribution in [-0.4, -0.2) is 28.8 Å². The van der Waals surface area contributed by atoms with Crippen molar-refractivity contribution in [3.63, 3.8) is 0 Å². The number of hydrogen-bond acceptors (Lipinski definition) is 5. The van der Waals surface area contributed by atoms with E-state index in [1.807, 2.05) is 6.07 Å². The maximum atomic E-state index is 12.7. The molecule has 3 rings (SSSR count). The average molecular weight is 331 g/mol. The number of aromatic nitrogens is 2. The van der Waals surface area contributed by atoms with Crippen LogP contribution < -0.4 is 10.6 Å². The Morgan fingerprint density at radius 1 is 1.13 bits per heavy atom. The highest BCUT2D eigenvalue weighted by molar-refractivity contribution is 6.34. The molecular formula is C17H19ClN4O. The van der Waals surface area contributed by atoms with Crippen LogP contribution in [0.2, 0.25) is 5.02 Å². The second kappa shape index (κ2) is 6.96. The lowest BCUT2D eigenvalue weighted by Crippen LogP contribution is -2.25. The van der Waals surface area contributed by atoms with Gasteiger partial charge in [0.05, 0.1) is 10.6 Å². The van der Waals surface area contributed by atoms with Gasteiger partial charge in [-0.05, 0) is 37.1 Å². The molecule has 2 aromatic rings. The number of anilines is 2. The molecule has 3 heterocycles. The normalized spacial score (nSPS) is 15.3. The topological polar surface area (TPSA) is 72.1 Å². The smallest absolute Gasteiger partial charge is 0.216 e. The van der Waals surface area contributed by atoms with Gasteiger partial charge < -0.3 is 10.6 Å². The first-order chi connectivity index (χ1) is 11.2. The van der Waals surface area contributed by atoms with Crippen molar-refractivity contribution < 1.29 is 4.79 Å². The highest BCUT2D eigenvalue weighted by Crippen LogP contribution is 2.24. The molecule has 23 heavy (non-hydrogen) atoms. The maximum absolute atomic E-state index is 12.7. The van der Waals surface area contributed by atoms with Crippen molar-refractivity contribution in [1.29, 1.82) is 0 Å². The molecule has 120 valence electrons. The second-order valence-electron chi connectivity index (χ2n) is 5.67. The van der Waals surface area contributed by atoms with Gasteiger partial charge in [0.2, 0.25) is 5.78 Å². The Morgan fingerprint density at radius 3 is 2.57 bits per heavy atom. The Morgan fingerprint density at radius 2 is 1.87 bits per heavy atom. The van der Waals surface area contributed by atoms with Crippen LogP contribution in [0.25, 0.3) is 0 Å². The molecular weight excluding hydrogens is 312 g/mol. The summed E-state index contributed by atoms with van der Waals surface area (Å²) < 4.78 is 0. The minimum Gasteiger partial charge on any atom is -0.383 e. The van der Waals surface area contributed by atoms with Crippen LogP contribution in [0.15, 0.2) is 30.5 Å². The zero-order valence-electron chi connectivity index (χ0n) is 12.8. The largest absolute Gasteiger partial charge is 0.383 e. The van der Waals surface area contributed by atoms with E-state index in [9.17, 15) is 4.79 Å². The molecule has 1 aliphatic rings. The van der Waals surface area contributed by atoms with E-state index in [0.717, 1.165) is 31.7 Å². The lowest BCUT2D eigenvalue weighted by molar-refractivity contribution is 0.103. The maximum Gasteiger partial charge on any atom is 0.216 e. The lowest BCUT2D eigenvalue weighted by Gasteiger charge is -2.22. The molecule has 1 saturated heterocycles. The van der Waals surface area contributed by atoms with E-state index in [1.165, 1.54) is 12.8 Å². The Bertz CT molecular complexity index is 711. The molecule has 0 radical (unpaired) electrons. The third-order valence-corrected chi connectivity index (χ3v) is 4.36. The van der Waals surface area contributed by atoms with Crippen LogP contribution in [-0.2, 0) is 0 Å². The Labute approximate surface area is 140 Å². The van der Waals surface area contributed by atoms with Crippen LogP contribution >= 0.6 is 11.6 Å². The first kappa shape index (κ1) is 15.7. The lowest BCUT2D eigenvalue weighted by atomic mass is 10.1. The predicted octanol–water partition coefficient (Wildman–Crippen LogP) is 3.32. The number of halogens is 1. The third kappa shape index (κ3) is 3.45. The van der Waals surface area contributed by atoms with Crippen molar-refractivity contribution in [1.82, 2.24) is 9.97 Å². The summed E-state index contributed by atoms with van der Waals surface area (Å²) in [5.74, 6) is 0.690. The molecule has 2 N–H and O–H groups in total. The van der Waals surface area contributed by atoms with E-state index in [0.29, 0.717) is 10.6 Å². The van der Waals surface area contributed by atoms with E-state index in [1.54, 1.807) is 24.4 Å². The fourth-order valence-corrected chi connectivity index (χ4v) is 3.00. The number of carbonyl (C=O) groups is 1. The van der Waals surface area contributed by atoms with Crippen molar-refractivity contribution in [2.45, 2.75) is 25.7 Å². The number of hydrogen-bond donors (Lipinski definition) is 1. The molecule has 0 unspecified atom stereocenters. The SMILES string of the molecule is Nc1ncccc1C(=O)c1nc(N2CCCCCC2)ccc1Cl. The van der Waals surface area contributed by atoms with Gasteiger partial charge in [-0.2, -0.15) is 0 Å². The van der Waals surface area contributed by atoms with Crippen LogP contribution in [0.3, 0.4) is 0 Å². The van der Waals surface area contributed by atoms with E-state index in [-0.39, 0.29) is 17.3 Å². The zero-order chi connectivity index (χ0) is 16.2. The fourth-order valence-electron chi connectivity index (χ4n) is 2.80. The molecule has 0 spiro atoms. The Hall–Kier alpha value is -2.14. The van der Waals surface area contributed by atoms with E-state index < -0.39 is 0 Å². The minimum absolute atomic E-state index is 0.190. The predicted molar refractivity (Wildman–Crippen MR) is 92.0 cm³/mol. The number of pyridine rings is 2. The van der Waals surface area contributed by atoms with Crippen LogP contribution in [0.5, 0.6) is 0 Å². The molecule has 2 aromatic heterocycles. The average Bonchev–Trinajstić information content (AvgIpc) is 2.84. The first-order valence-corrected chi connectivity index (χ1v) is 8.21. The van der Waals surface area contributed by atoms with Crippen molar-refractivity contribution in [2.75, 3.05) is 23.7 Å². The molecule has 0 atom stereocenters. The van der Waals surface area contributed by atoms with Gasteiger partial charge in [-0.1, -0.05) is 24.4 Å². The fraction of sp³-hybridized carbons (Fsp3) is 0.353. The summed E-state index contributed by atoms with van der Waals surface area (Å²) in [6, 6.07) is 6.92. The van der Waals surface area contributed by atoms with Gasteiger partial charge >= 0.3 is 0 Å². The van der Waals surface area contributed by atoms with Gasteiger partial charge in [0.25, 0.3) is 0 Å². The van der Waals surface area contributed by atoms with Crippen molar-refractivity contribution in [3.8, 4) is 0 Å². The summed E-state index contributed by atoms with van der Waals surface area (Å²) in [6.07, 6.45) is 6.31. The van der Waals surface area contributed by atoms with Gasteiger partial charge in [0.1, 0.15) is 17.3 Å². The summed E-state index contributed by atoms with van der Waals surface area (Å²) in [7, 11) is 0. The van der Waals surface area contributed by atoms with Crippen LogP contribution in [0, 0.1) is 0 Å². The molecule has 5 nitrogen and oxygen atoms in total. The van der Waals surface area contributed by atoms with E-state index in [4.69, 9.17) is 17.3 Å². The highest BCUT2D eigenvalue weighted by Gasteiger charge is 2.20. The zero-order valence-corrected chi connectivity index (χ0v) is 13.6. The first-order valence-electron chi connectivity index (χ1n) is 7.83. The van der Waals surface area contributed by atoms with E-state index in [2.05, 4.69) is 14.9 Å². The summed E-state index contributed by atoms with van der Waals surface area (Å²) in [5, 5.41) is 0.330. The van der Waals surface area contributed by atoms with Crippen molar-refractivity contribution >= 4 is 29.0 Å². The Kier molecular flexibility index (Phi) is 4.76. The summed E-state index contributed by atoms with van der Waals surface area (Å²) in [4.78, 5) is 23.4. The third-order valence-electron chi connectivity index (χ3n) is 4.06. The van der Waals surface area contributed by atoms with Gasteiger partial charge in [0.15, 0.2) is 0 Å². The molecule has 0 saturated carbocycles. The van der Waals surface area contributed by atoms with E-state index >= 15 is 0 Å². The van der Waals surface area contributed by atoms with Crippen molar-refractivity contribution in [3.05, 3.63) is 46.7 Å². The molecule has 0 amide bonds. The number of nitrogens with two attached hydrogens (primary N) is 1. The molecule has 0 aliphatic carbocycles. The number of rotatable bonds is 3. The van der Waals surface area contributed by atoms with Crippen LogP contribution in [0.4, 0.5) is 11.6 Å². The van der Waals surface area contributed by atoms with Gasteiger partial charge in [-0.3, -0.25) is 4.79 Å². The standard InChI is InChI=1S/C17H19ClN4O/c18-13-7-8-14(22-10-3-1-2-4-11-22)21-15(13)16(23)12-6-5-9-20-17(12)19/h5-9H,1-4,10-11H2,(H2,19,20). The van der Waals surface area contributed by atoms with Gasteiger partial charge in [-0.25, -0.2) is 9.97 Å². The Balaban J connectivity index is 1.94. The highest BCUT2D eigenvalue weighted by atomic mass is 35.5. The monoisotopic (exact) mass is 330 g/mol. The quantitative estimate of drug-likeness (QED) is 0.874. The molecule has 1 fully saturated rings. The molecule has 0 bridgehead atoms. The minimum atomic E-state index is -0.294. The summed E-state index contributed by atoms with van der Waals surface area (Å²) in [6.45, 7) is 1.91. The number of carbonyl (C=O) groups excluding carboxylic acids is 1.